The van der Waals surface area contributed by atoms with Gasteiger partial charge in [0, 0.05) is 5.92 Å². The quantitative estimate of drug-likeness (QED) is 0.652. The maximum Gasteiger partial charge on any atom is 0.416 e. The number of aliphatic hydroxyl groups is 1. The summed E-state index contributed by atoms with van der Waals surface area (Å²) in [6.07, 6.45) is -5.93. The van der Waals surface area contributed by atoms with E-state index in [4.69, 9.17) is 5.11 Å². The van der Waals surface area contributed by atoms with Crippen molar-refractivity contribution in [2.45, 2.75) is 25.1 Å². The van der Waals surface area contributed by atoms with Crippen LogP contribution in [0, 0.1) is 5.92 Å². The fourth-order valence-electron chi connectivity index (χ4n) is 1.54. The summed E-state index contributed by atoms with van der Waals surface area (Å²) in [4.78, 5) is 11.4. The number of aliphatic hydroxyl groups excluding tert-OH is 1. The Labute approximate surface area is 91.2 Å². The van der Waals surface area contributed by atoms with Crippen molar-refractivity contribution < 1.29 is 23.1 Å². The first kappa shape index (κ1) is 13.2. The average molecular weight is 240 g/mol. The van der Waals surface area contributed by atoms with Gasteiger partial charge in [-0.15, -0.1) is 0 Å². The molecule has 1 atom stereocenters. The van der Waals surface area contributed by atoms with Gasteiger partial charge in [-0.2, -0.15) is 13.2 Å². The van der Waals surface area contributed by atoms with Crippen molar-refractivity contribution >= 4 is 5.91 Å². The van der Waals surface area contributed by atoms with Gasteiger partial charge in [-0.05, 0) is 25.9 Å². The second kappa shape index (κ2) is 5.49. The summed E-state index contributed by atoms with van der Waals surface area (Å²) >= 11 is 0. The number of amides is 1. The van der Waals surface area contributed by atoms with Crippen LogP contribution in [0.15, 0.2) is 0 Å². The maximum absolute atomic E-state index is 11.9. The monoisotopic (exact) mass is 240 g/mol. The number of hydrogen-bond donors (Lipinski definition) is 3. The molecule has 0 aliphatic carbocycles. The number of halogens is 3. The Hall–Kier alpha value is -0.820. The predicted molar refractivity (Wildman–Crippen MR) is 50.7 cm³/mol. The topological polar surface area (TPSA) is 61.4 Å². The van der Waals surface area contributed by atoms with Crippen molar-refractivity contribution in [3.8, 4) is 0 Å². The fourth-order valence-corrected chi connectivity index (χ4v) is 1.54. The Morgan fingerprint density at radius 2 is 2.00 bits per heavy atom. The predicted octanol–water partition coefficient (Wildman–Crippen LogP) is 0.0254. The molecular formula is C9H15F3N2O2. The summed E-state index contributed by atoms with van der Waals surface area (Å²) in [5.74, 6) is -0.661. The summed E-state index contributed by atoms with van der Waals surface area (Å²) in [6.45, 7) is 0.617. The zero-order valence-electron chi connectivity index (χ0n) is 8.68. The van der Waals surface area contributed by atoms with E-state index in [9.17, 15) is 18.0 Å². The molecule has 1 unspecified atom stereocenters. The Morgan fingerprint density at radius 3 is 2.50 bits per heavy atom. The highest BCUT2D eigenvalue weighted by molar-refractivity contribution is 5.78. The highest BCUT2D eigenvalue weighted by Crippen LogP contribution is 2.19. The van der Waals surface area contributed by atoms with E-state index in [-0.39, 0.29) is 5.92 Å². The van der Waals surface area contributed by atoms with Gasteiger partial charge in [0.15, 0.2) is 6.10 Å². The van der Waals surface area contributed by atoms with Gasteiger partial charge in [0.2, 0.25) is 5.91 Å². The number of piperidine rings is 1. The Balaban J connectivity index is 2.29. The molecule has 3 N–H and O–H groups in total. The molecule has 1 fully saturated rings. The fraction of sp³-hybridized carbons (Fsp3) is 0.889. The Morgan fingerprint density at radius 1 is 1.44 bits per heavy atom. The second-order valence-corrected chi connectivity index (χ2v) is 3.83. The Bertz CT molecular complexity index is 239. The number of rotatable bonds is 3. The molecule has 1 aliphatic heterocycles. The van der Waals surface area contributed by atoms with Crippen LogP contribution in [0.5, 0.6) is 0 Å². The molecule has 0 bridgehead atoms. The number of nitrogens with one attached hydrogen (secondary N) is 2. The average Bonchev–Trinajstić information content (AvgIpc) is 2.25. The normalized spacial score (nSPS) is 20.5. The number of alkyl halides is 3. The molecule has 0 spiro atoms. The minimum Gasteiger partial charge on any atom is -0.382 e. The molecule has 1 rings (SSSR count). The van der Waals surface area contributed by atoms with Gasteiger partial charge in [-0.1, -0.05) is 0 Å². The second-order valence-electron chi connectivity index (χ2n) is 3.83. The smallest absolute Gasteiger partial charge is 0.382 e. The first-order valence-corrected chi connectivity index (χ1v) is 5.14. The molecule has 0 aromatic rings. The van der Waals surface area contributed by atoms with Crippen molar-refractivity contribution in [1.29, 1.82) is 0 Å². The third kappa shape index (κ3) is 3.97. The van der Waals surface area contributed by atoms with Crippen LogP contribution < -0.4 is 10.6 Å². The molecule has 1 aliphatic rings. The van der Waals surface area contributed by atoms with Crippen molar-refractivity contribution in [2.75, 3.05) is 19.6 Å². The van der Waals surface area contributed by atoms with E-state index in [2.05, 4.69) is 10.6 Å². The molecule has 94 valence electrons. The molecular weight excluding hydrogens is 225 g/mol. The van der Waals surface area contributed by atoms with E-state index >= 15 is 0 Å². The first-order valence-electron chi connectivity index (χ1n) is 5.14. The third-order valence-corrected chi connectivity index (χ3v) is 2.56. The molecule has 0 aromatic carbocycles. The van der Waals surface area contributed by atoms with Crippen molar-refractivity contribution in [3.05, 3.63) is 0 Å². The van der Waals surface area contributed by atoms with Gasteiger partial charge in [-0.3, -0.25) is 4.79 Å². The van der Waals surface area contributed by atoms with E-state index in [0.717, 1.165) is 0 Å². The van der Waals surface area contributed by atoms with Gasteiger partial charge in [-0.25, -0.2) is 0 Å². The van der Waals surface area contributed by atoms with Gasteiger partial charge in [0.25, 0.3) is 0 Å². The molecule has 1 saturated heterocycles. The summed E-state index contributed by atoms with van der Waals surface area (Å²) < 4.78 is 35.8. The van der Waals surface area contributed by atoms with E-state index < -0.39 is 24.7 Å². The lowest BCUT2D eigenvalue weighted by atomic mass is 9.97. The summed E-state index contributed by atoms with van der Waals surface area (Å²) in [5, 5.41) is 13.9. The van der Waals surface area contributed by atoms with E-state index in [1.54, 1.807) is 0 Å². The molecule has 0 radical (unpaired) electrons. The number of carbonyl (C=O) groups is 1. The van der Waals surface area contributed by atoms with Crippen molar-refractivity contribution in [1.82, 2.24) is 10.6 Å². The van der Waals surface area contributed by atoms with Gasteiger partial charge in [0.05, 0.1) is 6.54 Å². The lowest BCUT2D eigenvalue weighted by molar-refractivity contribution is -0.202. The SMILES string of the molecule is O=C(NCC(O)C(F)(F)F)C1CCNCC1. The lowest BCUT2D eigenvalue weighted by Crippen LogP contribution is -2.44. The van der Waals surface area contributed by atoms with Crippen molar-refractivity contribution in [3.63, 3.8) is 0 Å². The molecule has 0 aromatic heterocycles. The Kier molecular flexibility index (Phi) is 4.55. The van der Waals surface area contributed by atoms with E-state index in [1.165, 1.54) is 0 Å². The summed E-state index contributed by atoms with van der Waals surface area (Å²) in [7, 11) is 0. The number of carbonyl (C=O) groups excluding carboxylic acids is 1. The van der Waals surface area contributed by atoms with Crippen LogP contribution in [-0.4, -0.2) is 42.9 Å². The molecule has 7 heteroatoms. The maximum atomic E-state index is 11.9. The van der Waals surface area contributed by atoms with Crippen LogP contribution in [0.3, 0.4) is 0 Å². The van der Waals surface area contributed by atoms with Crippen LogP contribution in [0.2, 0.25) is 0 Å². The van der Waals surface area contributed by atoms with E-state index in [0.29, 0.717) is 25.9 Å². The third-order valence-electron chi connectivity index (χ3n) is 2.56. The number of hydrogen-bond acceptors (Lipinski definition) is 3. The summed E-state index contributed by atoms with van der Waals surface area (Å²) in [6, 6.07) is 0. The van der Waals surface area contributed by atoms with Crippen LogP contribution in [-0.2, 0) is 4.79 Å². The van der Waals surface area contributed by atoms with Crippen LogP contribution in [0.25, 0.3) is 0 Å². The first-order chi connectivity index (χ1) is 7.41. The van der Waals surface area contributed by atoms with Crippen LogP contribution in [0.1, 0.15) is 12.8 Å². The molecule has 16 heavy (non-hydrogen) atoms. The molecule has 1 amide bonds. The summed E-state index contributed by atoms with van der Waals surface area (Å²) in [5.41, 5.74) is 0. The minimum absolute atomic E-state index is 0.248. The van der Waals surface area contributed by atoms with E-state index in [1.807, 2.05) is 0 Å². The van der Waals surface area contributed by atoms with Gasteiger partial charge in [0.1, 0.15) is 0 Å². The zero-order chi connectivity index (χ0) is 12.2. The molecule has 4 nitrogen and oxygen atoms in total. The highest BCUT2D eigenvalue weighted by Gasteiger charge is 2.38. The van der Waals surface area contributed by atoms with Gasteiger partial charge < -0.3 is 15.7 Å². The largest absolute Gasteiger partial charge is 0.416 e. The zero-order valence-corrected chi connectivity index (χ0v) is 8.68. The molecule has 1 heterocycles. The van der Waals surface area contributed by atoms with Crippen LogP contribution in [0.4, 0.5) is 13.2 Å². The molecule has 0 saturated carbocycles. The van der Waals surface area contributed by atoms with Gasteiger partial charge >= 0.3 is 6.18 Å². The lowest BCUT2D eigenvalue weighted by Gasteiger charge is -2.23. The highest BCUT2D eigenvalue weighted by atomic mass is 19.4. The standard InChI is InChI=1S/C9H15F3N2O2/c10-9(11,12)7(15)5-14-8(16)6-1-3-13-4-2-6/h6-7,13,15H,1-5H2,(H,14,16). The van der Waals surface area contributed by atoms with Crippen molar-refractivity contribution in [2.24, 2.45) is 5.92 Å². The van der Waals surface area contributed by atoms with Crippen LogP contribution >= 0.6 is 0 Å². The minimum atomic E-state index is -4.68.